The highest BCUT2D eigenvalue weighted by Crippen LogP contribution is 2.27. The number of nitrogens with one attached hydrogen (secondary N) is 1. The van der Waals surface area contributed by atoms with E-state index in [2.05, 4.69) is 0 Å². The molecular weight excluding hydrogens is 416 g/mol. The number of nitro benzene ring substituents is 1. The number of aliphatic carboxylic acids is 1. The zero-order valence-corrected chi connectivity index (χ0v) is 15.8. The van der Waals surface area contributed by atoms with Crippen molar-refractivity contribution in [2.45, 2.75) is 19.1 Å². The first-order chi connectivity index (χ1) is 14.5. The number of nitrogens with zero attached hydrogens (tertiary/aromatic N) is 1. The van der Waals surface area contributed by atoms with Gasteiger partial charge in [-0.1, -0.05) is 18.2 Å². The van der Waals surface area contributed by atoms with E-state index in [1.54, 1.807) is 0 Å². The summed E-state index contributed by atoms with van der Waals surface area (Å²) in [6, 6.07) is 6.50. The van der Waals surface area contributed by atoms with Crippen LogP contribution in [0, 0.1) is 10.1 Å². The van der Waals surface area contributed by atoms with E-state index in [0.29, 0.717) is 0 Å². The number of carboxylic acids is 3. The number of carboxylic acid groups (broad SMARTS) is 3. The van der Waals surface area contributed by atoms with Gasteiger partial charge in [0.1, 0.15) is 6.10 Å². The third-order valence-corrected chi connectivity index (χ3v) is 4.20. The van der Waals surface area contributed by atoms with E-state index in [1.807, 2.05) is 5.32 Å². The van der Waals surface area contributed by atoms with Crippen molar-refractivity contribution in [3.63, 3.8) is 0 Å². The van der Waals surface area contributed by atoms with Gasteiger partial charge >= 0.3 is 24.0 Å². The Labute approximate surface area is 173 Å². The number of benzene rings is 2. The van der Waals surface area contributed by atoms with Crippen LogP contribution in [0.1, 0.15) is 50.9 Å². The van der Waals surface area contributed by atoms with Crippen LogP contribution < -0.4 is 5.32 Å². The summed E-state index contributed by atoms with van der Waals surface area (Å²) in [4.78, 5) is 56.7. The van der Waals surface area contributed by atoms with Crippen LogP contribution in [0.25, 0.3) is 0 Å². The molecule has 0 aliphatic carbocycles. The molecule has 0 saturated heterocycles. The molecule has 2 aromatic rings. The number of aromatic carboxylic acids is 2. The van der Waals surface area contributed by atoms with Crippen molar-refractivity contribution >= 4 is 29.7 Å². The fourth-order valence-corrected chi connectivity index (χ4v) is 2.77. The molecule has 2 aromatic carbocycles. The number of carbonyl (C=O) groups is 4. The largest absolute Gasteiger partial charge is 0.479 e. The minimum Gasteiger partial charge on any atom is -0.479 e. The van der Waals surface area contributed by atoms with Crippen LogP contribution in [0.2, 0.25) is 0 Å². The molecule has 162 valence electrons. The van der Waals surface area contributed by atoms with Gasteiger partial charge in [-0.3, -0.25) is 10.1 Å². The Balaban J connectivity index is 2.26. The highest BCUT2D eigenvalue weighted by molar-refractivity contribution is 6.02. The third kappa shape index (κ3) is 5.32. The molecule has 0 fully saturated rings. The predicted molar refractivity (Wildman–Crippen MR) is 102 cm³/mol. The molecule has 31 heavy (non-hydrogen) atoms. The number of carbonyl (C=O) groups excluding carboxylic acids is 1. The summed E-state index contributed by atoms with van der Waals surface area (Å²) in [6.07, 6.45) is -2.35. The fourth-order valence-electron chi connectivity index (χ4n) is 2.77. The van der Waals surface area contributed by atoms with E-state index in [4.69, 9.17) is 9.84 Å². The Bertz CT molecular complexity index is 1070. The van der Waals surface area contributed by atoms with Crippen molar-refractivity contribution in [3.05, 3.63) is 74.8 Å². The highest BCUT2D eigenvalue weighted by Gasteiger charge is 2.28. The minimum atomic E-state index is -1.77. The van der Waals surface area contributed by atoms with Gasteiger partial charge in [-0.2, -0.15) is 0 Å². The van der Waals surface area contributed by atoms with E-state index in [0.717, 1.165) is 18.2 Å². The average molecular weight is 432 g/mol. The molecule has 0 heterocycles. The monoisotopic (exact) mass is 432 g/mol. The molecule has 12 heteroatoms. The summed E-state index contributed by atoms with van der Waals surface area (Å²) in [7, 11) is 0. The molecule has 0 spiro atoms. The van der Waals surface area contributed by atoms with Gasteiger partial charge in [0.2, 0.25) is 0 Å². The first kappa shape index (κ1) is 22.8. The lowest BCUT2D eigenvalue weighted by atomic mass is 9.99. The average Bonchev–Trinajstić information content (AvgIpc) is 2.71. The lowest BCUT2D eigenvalue weighted by Crippen LogP contribution is -2.35. The molecular formula is C19H16N2O10. The van der Waals surface area contributed by atoms with E-state index < -0.39 is 52.2 Å². The quantitative estimate of drug-likeness (QED) is 0.356. The van der Waals surface area contributed by atoms with Gasteiger partial charge < -0.3 is 25.4 Å². The van der Waals surface area contributed by atoms with Crippen LogP contribution in [0.3, 0.4) is 0 Å². The maximum atomic E-state index is 12.2. The molecule has 0 aliphatic rings. The van der Waals surface area contributed by atoms with Crippen molar-refractivity contribution in [2.24, 2.45) is 0 Å². The lowest BCUT2D eigenvalue weighted by molar-refractivity contribution is -0.386. The molecule has 0 bridgehead atoms. The zero-order chi connectivity index (χ0) is 23.3. The molecule has 0 saturated carbocycles. The molecule has 0 aromatic heterocycles. The number of ether oxygens (including phenoxy) is 1. The zero-order valence-electron chi connectivity index (χ0n) is 15.8. The van der Waals surface area contributed by atoms with Crippen molar-refractivity contribution in [3.8, 4) is 0 Å². The number of hydrogen-bond donors (Lipinski definition) is 4. The van der Waals surface area contributed by atoms with Crippen LogP contribution in [0.4, 0.5) is 10.5 Å². The Hall–Kier alpha value is -4.48. The molecule has 0 aliphatic heterocycles. The van der Waals surface area contributed by atoms with Gasteiger partial charge in [-0.25, -0.2) is 19.2 Å². The summed E-state index contributed by atoms with van der Waals surface area (Å²) in [5.41, 5.74) is -1.67. The molecule has 4 N–H and O–H groups in total. The number of nitro groups is 1. The highest BCUT2D eigenvalue weighted by atomic mass is 16.6. The van der Waals surface area contributed by atoms with Crippen LogP contribution in [0.5, 0.6) is 0 Å². The first-order valence-corrected chi connectivity index (χ1v) is 8.56. The number of alkyl carbamates (subject to hydrolysis) is 1. The lowest BCUT2D eigenvalue weighted by Gasteiger charge is -2.19. The Kier molecular flexibility index (Phi) is 6.87. The number of rotatable bonds is 8. The second-order valence-electron chi connectivity index (χ2n) is 6.19. The minimum absolute atomic E-state index is 0.0773. The van der Waals surface area contributed by atoms with Gasteiger partial charge in [0.05, 0.1) is 21.6 Å². The van der Waals surface area contributed by atoms with Crippen LogP contribution in [0.15, 0.2) is 42.5 Å². The van der Waals surface area contributed by atoms with Crippen molar-refractivity contribution in [1.29, 1.82) is 0 Å². The standard InChI is InChI=1S/C19H16N2O10/c1-9(11-4-2-3-5-14(11)21(29)30)31-19(28)20-15(18(26)27)10-6-7-12(16(22)23)13(8-10)17(24)25/h2-9,15H,1H3,(H,20,28)(H,22,23)(H,24,25)(H,26,27)/t9-,15-/m0/s1. The van der Waals surface area contributed by atoms with E-state index in [9.17, 15) is 39.5 Å². The Morgan fingerprint density at radius 2 is 1.61 bits per heavy atom. The van der Waals surface area contributed by atoms with Crippen LogP contribution >= 0.6 is 0 Å². The maximum Gasteiger partial charge on any atom is 0.408 e. The molecule has 0 unspecified atom stereocenters. The van der Waals surface area contributed by atoms with Gasteiger partial charge in [0.15, 0.2) is 6.04 Å². The summed E-state index contributed by atoms with van der Waals surface area (Å²) in [5.74, 6) is -4.70. The topological polar surface area (TPSA) is 193 Å². The first-order valence-electron chi connectivity index (χ1n) is 8.56. The number of amides is 1. The molecule has 1 amide bonds. The third-order valence-electron chi connectivity index (χ3n) is 4.20. The normalized spacial score (nSPS) is 12.3. The Morgan fingerprint density at radius 3 is 2.16 bits per heavy atom. The van der Waals surface area contributed by atoms with Crippen molar-refractivity contribution in [1.82, 2.24) is 5.32 Å². The second-order valence-corrected chi connectivity index (χ2v) is 6.19. The number of hydrogen-bond acceptors (Lipinski definition) is 7. The van der Waals surface area contributed by atoms with Gasteiger partial charge in [0.25, 0.3) is 5.69 Å². The van der Waals surface area contributed by atoms with Gasteiger partial charge in [-0.15, -0.1) is 0 Å². The Morgan fingerprint density at radius 1 is 1.00 bits per heavy atom. The second kappa shape index (κ2) is 9.35. The van der Waals surface area contributed by atoms with E-state index in [1.165, 1.54) is 31.2 Å². The summed E-state index contributed by atoms with van der Waals surface area (Å²) < 4.78 is 5.04. The molecule has 2 rings (SSSR count). The molecule has 0 radical (unpaired) electrons. The predicted octanol–water partition coefficient (Wildman–Crippen LogP) is 2.60. The maximum absolute atomic E-state index is 12.2. The SMILES string of the molecule is C[C@H](OC(=O)N[C@H](C(=O)O)c1ccc(C(=O)O)c(C(=O)O)c1)c1ccccc1[N+](=O)[O-]. The molecule has 2 atom stereocenters. The smallest absolute Gasteiger partial charge is 0.408 e. The van der Waals surface area contributed by atoms with Crippen LogP contribution in [-0.4, -0.2) is 44.2 Å². The number of para-hydroxylation sites is 1. The van der Waals surface area contributed by atoms with Crippen molar-refractivity contribution in [2.75, 3.05) is 0 Å². The van der Waals surface area contributed by atoms with Gasteiger partial charge in [-0.05, 0) is 30.7 Å². The fraction of sp³-hybridized carbons (Fsp3) is 0.158. The summed E-state index contributed by atoms with van der Waals surface area (Å²) in [5, 5.41) is 40.8. The summed E-state index contributed by atoms with van der Waals surface area (Å²) >= 11 is 0. The molecule has 12 nitrogen and oxygen atoms in total. The van der Waals surface area contributed by atoms with Crippen LogP contribution in [-0.2, 0) is 9.53 Å². The van der Waals surface area contributed by atoms with Gasteiger partial charge in [0, 0.05) is 6.07 Å². The van der Waals surface area contributed by atoms with E-state index >= 15 is 0 Å². The van der Waals surface area contributed by atoms with Crippen molar-refractivity contribution < 1.29 is 44.2 Å². The summed E-state index contributed by atoms with van der Waals surface area (Å²) in [6.45, 7) is 1.35. The van der Waals surface area contributed by atoms with E-state index in [-0.39, 0.29) is 16.8 Å².